The van der Waals surface area contributed by atoms with E-state index in [4.69, 9.17) is 22.1 Å². The standard InChI is InChI=1S/C36H20O5/c1-4-11-26-21(8-1)18-30(38-26)24-15-16-25-33(24)34(31-19-22-9-2-5-12-27(22)39-31)36(41-35(25)29-14-7-17-37-29)32-20-23-10-3-6-13-28(23)40-32/h1-20H. The maximum Gasteiger partial charge on any atom is 0.181 e. The first-order valence-electron chi connectivity index (χ1n) is 13.4. The average Bonchev–Trinajstić information content (AvgIpc) is 3.83. The van der Waals surface area contributed by atoms with Gasteiger partial charge in [-0.15, -0.1) is 0 Å². The largest absolute Gasteiger partial charge is 0.461 e. The van der Waals surface area contributed by atoms with Crippen molar-refractivity contribution in [3.8, 4) is 56.8 Å². The number of rotatable bonds is 4. The number of para-hydroxylation sites is 3. The number of furan rings is 4. The van der Waals surface area contributed by atoms with Crippen LogP contribution in [0.15, 0.2) is 144 Å². The van der Waals surface area contributed by atoms with Gasteiger partial charge in [0.15, 0.2) is 23.0 Å². The van der Waals surface area contributed by atoms with E-state index in [0.717, 1.165) is 60.9 Å². The third-order valence-corrected chi connectivity index (χ3v) is 7.64. The van der Waals surface area contributed by atoms with Gasteiger partial charge in [0.1, 0.15) is 28.3 Å². The summed E-state index contributed by atoms with van der Waals surface area (Å²) in [7, 11) is 0. The molecule has 194 valence electrons. The second-order valence-electron chi connectivity index (χ2n) is 10.1. The zero-order valence-corrected chi connectivity index (χ0v) is 21.6. The highest BCUT2D eigenvalue weighted by atomic mass is 16.4. The van der Waals surface area contributed by atoms with Crippen LogP contribution in [0.25, 0.3) is 89.7 Å². The monoisotopic (exact) mass is 532 g/mol. The summed E-state index contributed by atoms with van der Waals surface area (Å²) in [6, 6.07) is 37.9. The molecule has 0 atom stereocenters. The molecule has 0 spiro atoms. The first-order chi connectivity index (χ1) is 20.3. The van der Waals surface area contributed by atoms with Crippen molar-refractivity contribution in [1.82, 2.24) is 0 Å². The molecule has 0 saturated heterocycles. The summed E-state index contributed by atoms with van der Waals surface area (Å²) >= 11 is 0. The predicted molar refractivity (Wildman–Crippen MR) is 159 cm³/mol. The molecule has 9 rings (SSSR count). The van der Waals surface area contributed by atoms with Crippen molar-refractivity contribution >= 4 is 32.9 Å². The average molecular weight is 533 g/mol. The fourth-order valence-electron chi connectivity index (χ4n) is 5.78. The predicted octanol–water partition coefficient (Wildman–Crippen LogP) is 10.9. The lowest BCUT2D eigenvalue weighted by Crippen LogP contribution is -1.93. The number of hydrogen-bond acceptors (Lipinski definition) is 5. The third-order valence-electron chi connectivity index (χ3n) is 7.64. The van der Waals surface area contributed by atoms with Crippen molar-refractivity contribution in [3.05, 3.63) is 122 Å². The molecule has 5 heterocycles. The topological polar surface area (TPSA) is 65.7 Å². The van der Waals surface area contributed by atoms with Gasteiger partial charge in [-0.3, -0.25) is 0 Å². The van der Waals surface area contributed by atoms with Crippen LogP contribution in [-0.4, -0.2) is 0 Å². The molecule has 0 fully saturated rings. The molecule has 1 aliphatic heterocycles. The van der Waals surface area contributed by atoms with E-state index in [1.807, 2.05) is 97.1 Å². The summed E-state index contributed by atoms with van der Waals surface area (Å²) in [5.74, 6) is 3.78. The molecule has 0 bridgehead atoms. The van der Waals surface area contributed by atoms with Gasteiger partial charge in [0, 0.05) is 32.8 Å². The highest BCUT2D eigenvalue weighted by Crippen LogP contribution is 2.53. The van der Waals surface area contributed by atoms with Crippen molar-refractivity contribution in [3.63, 3.8) is 0 Å². The van der Waals surface area contributed by atoms with Crippen molar-refractivity contribution in [2.75, 3.05) is 0 Å². The lowest BCUT2D eigenvalue weighted by atomic mass is 9.94. The van der Waals surface area contributed by atoms with Crippen LogP contribution in [0.4, 0.5) is 0 Å². The molecule has 2 aliphatic rings. The third kappa shape index (κ3) is 3.36. The van der Waals surface area contributed by atoms with Gasteiger partial charge in [0.05, 0.1) is 11.8 Å². The summed E-state index contributed by atoms with van der Waals surface area (Å²) in [5.41, 5.74) is 5.90. The number of fused-ring (bicyclic) bond motifs is 4. The van der Waals surface area contributed by atoms with Gasteiger partial charge in [-0.2, -0.15) is 0 Å². The van der Waals surface area contributed by atoms with Gasteiger partial charge in [-0.05, 0) is 60.7 Å². The Hall–Kier alpha value is -5.68. The molecular weight excluding hydrogens is 512 g/mol. The molecule has 3 aromatic carbocycles. The van der Waals surface area contributed by atoms with Crippen LogP contribution in [0.5, 0.6) is 0 Å². The SMILES string of the molecule is c1coc(-c2oc(-c3cc4ccccc4o3)c(-c3cc4ccccc4o3)c3c(-c4cc5ccccc5o4)ccc2-3)c1. The van der Waals surface area contributed by atoms with Crippen LogP contribution in [0.1, 0.15) is 0 Å². The minimum Gasteiger partial charge on any atom is -0.461 e. The van der Waals surface area contributed by atoms with Crippen LogP contribution >= 0.6 is 0 Å². The van der Waals surface area contributed by atoms with E-state index in [9.17, 15) is 0 Å². The second kappa shape index (κ2) is 8.41. The molecule has 0 radical (unpaired) electrons. The molecule has 7 aromatic rings. The van der Waals surface area contributed by atoms with Gasteiger partial charge in [-0.1, -0.05) is 54.6 Å². The second-order valence-corrected chi connectivity index (χ2v) is 10.1. The van der Waals surface area contributed by atoms with Gasteiger partial charge in [0.2, 0.25) is 0 Å². The zero-order valence-electron chi connectivity index (χ0n) is 21.6. The molecule has 5 heteroatoms. The smallest absolute Gasteiger partial charge is 0.181 e. The van der Waals surface area contributed by atoms with E-state index in [1.54, 1.807) is 6.26 Å². The molecule has 41 heavy (non-hydrogen) atoms. The molecule has 0 saturated carbocycles. The van der Waals surface area contributed by atoms with Gasteiger partial charge >= 0.3 is 0 Å². The van der Waals surface area contributed by atoms with E-state index in [0.29, 0.717) is 28.8 Å². The first kappa shape index (κ1) is 22.2. The fraction of sp³-hybridized carbons (Fsp3) is 0. The quantitative estimate of drug-likeness (QED) is 0.225. The lowest BCUT2D eigenvalue weighted by Gasteiger charge is -2.15. The van der Waals surface area contributed by atoms with E-state index < -0.39 is 0 Å². The Morgan fingerprint density at radius 3 is 1.56 bits per heavy atom. The van der Waals surface area contributed by atoms with Crippen LogP contribution in [0.2, 0.25) is 0 Å². The zero-order chi connectivity index (χ0) is 26.9. The first-order valence-corrected chi connectivity index (χ1v) is 13.4. The van der Waals surface area contributed by atoms with Gasteiger partial charge in [0.25, 0.3) is 0 Å². The summed E-state index contributed by atoms with van der Waals surface area (Å²) in [4.78, 5) is 0. The van der Waals surface area contributed by atoms with E-state index in [1.165, 1.54) is 0 Å². The number of hydrogen-bond donors (Lipinski definition) is 0. The minimum atomic E-state index is 0.544. The van der Waals surface area contributed by atoms with Crippen molar-refractivity contribution in [1.29, 1.82) is 0 Å². The molecule has 0 amide bonds. The Kier molecular flexibility index (Phi) is 4.55. The molecule has 4 aromatic heterocycles. The van der Waals surface area contributed by atoms with Crippen molar-refractivity contribution in [2.45, 2.75) is 0 Å². The van der Waals surface area contributed by atoms with E-state index >= 15 is 0 Å². The Balaban J connectivity index is 1.43. The van der Waals surface area contributed by atoms with Crippen LogP contribution < -0.4 is 0 Å². The van der Waals surface area contributed by atoms with E-state index in [-0.39, 0.29) is 0 Å². The van der Waals surface area contributed by atoms with Crippen LogP contribution in [0, 0.1) is 0 Å². The fourth-order valence-corrected chi connectivity index (χ4v) is 5.78. The van der Waals surface area contributed by atoms with E-state index in [2.05, 4.69) is 18.2 Å². The molecular formula is C36H20O5. The molecule has 0 N–H and O–H groups in total. The van der Waals surface area contributed by atoms with Crippen LogP contribution in [0.3, 0.4) is 0 Å². The summed E-state index contributed by atoms with van der Waals surface area (Å²) in [6.45, 7) is 0. The van der Waals surface area contributed by atoms with Gasteiger partial charge in [-0.25, -0.2) is 0 Å². The van der Waals surface area contributed by atoms with Crippen molar-refractivity contribution in [2.24, 2.45) is 0 Å². The highest BCUT2D eigenvalue weighted by molar-refractivity contribution is 6.05. The van der Waals surface area contributed by atoms with Crippen LogP contribution in [-0.2, 0) is 0 Å². The summed E-state index contributed by atoms with van der Waals surface area (Å²) in [5, 5.41) is 3.01. The summed E-state index contributed by atoms with van der Waals surface area (Å²) in [6.07, 6.45) is 1.65. The lowest BCUT2D eigenvalue weighted by molar-refractivity contribution is 0.508. The Labute approximate surface area is 233 Å². The maximum absolute atomic E-state index is 6.76. The Morgan fingerprint density at radius 1 is 0.366 bits per heavy atom. The number of benzene rings is 3. The Bertz CT molecular complexity index is 2220. The van der Waals surface area contributed by atoms with Gasteiger partial charge < -0.3 is 22.1 Å². The summed E-state index contributed by atoms with van der Waals surface area (Å²) < 4.78 is 31.9. The highest BCUT2D eigenvalue weighted by Gasteiger charge is 2.32. The van der Waals surface area contributed by atoms with Crippen molar-refractivity contribution < 1.29 is 22.1 Å². The Morgan fingerprint density at radius 2 is 0.927 bits per heavy atom. The normalized spacial score (nSPS) is 11.9. The molecule has 1 aliphatic carbocycles. The molecule has 0 unspecified atom stereocenters. The maximum atomic E-state index is 6.76. The minimum absolute atomic E-state index is 0.544. The molecule has 5 nitrogen and oxygen atoms in total.